The first kappa shape index (κ1) is 76.0. The van der Waals surface area contributed by atoms with E-state index in [4.69, 9.17) is 11.5 Å². The van der Waals surface area contributed by atoms with E-state index in [-0.39, 0.29) is 172 Å². The molecule has 2 aliphatic heterocycles. The first-order valence-corrected chi connectivity index (χ1v) is 32.9. The number of aliphatic carboxylic acids is 3. The van der Waals surface area contributed by atoms with E-state index in [0.29, 0.717) is 34.1 Å². The summed E-state index contributed by atoms with van der Waals surface area (Å²) in [4.78, 5) is 158. The highest BCUT2D eigenvalue weighted by atomic mass is 127. The van der Waals surface area contributed by atoms with Crippen LogP contribution in [0.2, 0.25) is 0 Å². The van der Waals surface area contributed by atoms with Gasteiger partial charge >= 0.3 is 17.9 Å². The average Bonchev–Trinajstić information content (AvgIpc) is 1.37. The number of rotatable bonds is 28. The molecule has 15 N–H and O–H groups in total. The van der Waals surface area contributed by atoms with Crippen LogP contribution < -0.4 is 48.7 Å². The molecule has 0 unspecified atom stereocenters. The highest BCUT2D eigenvalue weighted by Crippen LogP contribution is 2.23. The number of nitrogens with two attached hydrogens (primary N) is 2. The number of carboxylic acids is 3. The minimum atomic E-state index is -1.29. The third-order valence-electron chi connectivity index (χ3n) is 16.3. The molecule has 0 spiro atoms. The number of carbonyl (C=O) groups is 11. The fourth-order valence-corrected chi connectivity index (χ4v) is 11.6. The summed E-state index contributed by atoms with van der Waals surface area (Å²) in [5, 5.41) is 60.2. The average molecular weight is 1450 g/mol. The van der Waals surface area contributed by atoms with Gasteiger partial charge in [0.25, 0.3) is 5.91 Å². The Kier molecular flexibility index (Phi) is 30.9. The van der Waals surface area contributed by atoms with Crippen molar-refractivity contribution in [1.82, 2.24) is 56.4 Å². The zero-order valence-electron chi connectivity index (χ0n) is 53.8. The number of carboxylic acid groups (broad SMARTS) is 3. The van der Waals surface area contributed by atoms with E-state index in [9.17, 15) is 73.2 Å². The lowest BCUT2D eigenvalue weighted by Crippen LogP contribution is -2.58. The smallest absolute Gasteiger partial charge is 0.317 e. The van der Waals surface area contributed by atoms with E-state index in [1.54, 1.807) is 39.0 Å². The molecule has 31 heteroatoms. The highest BCUT2D eigenvalue weighted by molar-refractivity contribution is 14.1. The van der Waals surface area contributed by atoms with Crippen molar-refractivity contribution < 1.29 is 73.2 Å². The quantitative estimate of drug-likeness (QED) is 0.0150. The van der Waals surface area contributed by atoms with Crippen LogP contribution in [-0.4, -0.2) is 252 Å². The largest absolute Gasteiger partial charge is 0.507 e. The number of fused-ring (bicyclic) bond motifs is 1. The number of hydrogen-bond acceptors (Lipinski definition) is 17. The fourth-order valence-electron chi connectivity index (χ4n) is 11.0. The Balaban J connectivity index is 1.05. The Bertz CT molecular complexity index is 3360. The number of carbonyl (C=O) groups excluding carboxylic acids is 8. The summed E-state index contributed by atoms with van der Waals surface area (Å²) in [6, 6.07) is 19.4. The van der Waals surface area contributed by atoms with Gasteiger partial charge in [-0.1, -0.05) is 48.5 Å². The zero-order chi connectivity index (χ0) is 69.7. The summed E-state index contributed by atoms with van der Waals surface area (Å²) in [5.74, 6) is -8.03. The maximum atomic E-state index is 14.7. The molecular weight excluding hydrogens is 1360 g/mol. The first-order chi connectivity index (χ1) is 45.9. The molecule has 8 amide bonds. The summed E-state index contributed by atoms with van der Waals surface area (Å²) in [7, 11) is 1.39. The molecule has 0 aromatic heterocycles. The summed E-state index contributed by atoms with van der Waals surface area (Å²) in [6.45, 7) is 0.928. The third kappa shape index (κ3) is 26.6. The second-order valence-corrected chi connectivity index (χ2v) is 24.9. The summed E-state index contributed by atoms with van der Waals surface area (Å²) < 4.78 is 0.480. The van der Waals surface area contributed by atoms with Gasteiger partial charge in [-0.05, 0) is 132 Å². The van der Waals surface area contributed by atoms with Crippen LogP contribution in [0.15, 0.2) is 89.9 Å². The van der Waals surface area contributed by atoms with Gasteiger partial charge in [-0.15, -0.1) is 0 Å². The second-order valence-electron chi connectivity index (χ2n) is 23.7. The van der Waals surface area contributed by atoms with E-state index in [1.165, 1.54) is 30.1 Å². The lowest BCUT2D eigenvalue weighted by molar-refractivity contribution is -0.142. The van der Waals surface area contributed by atoms with Crippen LogP contribution in [0.1, 0.15) is 72.9 Å². The Hall–Kier alpha value is -9.05. The number of halogens is 1. The fraction of sp³-hybridized carbons (Fsp3) is 0.477. The minimum Gasteiger partial charge on any atom is -0.507 e. The van der Waals surface area contributed by atoms with Crippen molar-refractivity contribution >= 4 is 110 Å². The number of aromatic hydroxyl groups is 1. The van der Waals surface area contributed by atoms with Crippen LogP contribution in [0.5, 0.6) is 5.75 Å². The molecule has 0 aliphatic carbocycles. The zero-order valence-corrected chi connectivity index (χ0v) is 55.9. The summed E-state index contributed by atoms with van der Waals surface area (Å²) in [6.07, 6.45) is 1.65. The summed E-state index contributed by atoms with van der Waals surface area (Å²) >= 11 is 1.93. The Morgan fingerprint density at radius 3 is 1.77 bits per heavy atom. The van der Waals surface area contributed by atoms with Gasteiger partial charge in [-0.3, -0.25) is 77.3 Å². The molecule has 30 nitrogen and oxygen atoms in total. The van der Waals surface area contributed by atoms with Crippen LogP contribution in [0.3, 0.4) is 0 Å². The van der Waals surface area contributed by atoms with Crippen LogP contribution in [0.25, 0.3) is 10.8 Å². The number of hydrogen-bond donors (Lipinski definition) is 13. The second kappa shape index (κ2) is 39.1. The Morgan fingerprint density at radius 2 is 1.17 bits per heavy atom. The van der Waals surface area contributed by atoms with Gasteiger partial charge in [0, 0.05) is 103 Å². The predicted octanol–water partition coefficient (Wildman–Crippen LogP) is -0.299. The molecule has 2 aliphatic rings. The predicted molar refractivity (Wildman–Crippen MR) is 364 cm³/mol. The van der Waals surface area contributed by atoms with Crippen molar-refractivity contribution in [3.63, 3.8) is 0 Å². The molecule has 6 rings (SSSR count). The monoisotopic (exact) mass is 1450 g/mol. The topological polar surface area (TPSA) is 434 Å². The number of unbranched alkanes of at least 4 members (excludes halogenated alkanes) is 1. The number of nitrogens with one attached hydrogen (secondary N) is 7. The molecular formula is C65H88IN15O15. The number of benzene rings is 4. The Morgan fingerprint density at radius 1 is 0.594 bits per heavy atom. The van der Waals surface area contributed by atoms with E-state index in [1.807, 2.05) is 70.0 Å². The van der Waals surface area contributed by atoms with Crippen molar-refractivity contribution in [2.75, 3.05) is 117 Å². The van der Waals surface area contributed by atoms with Gasteiger partial charge in [-0.2, -0.15) is 0 Å². The van der Waals surface area contributed by atoms with E-state index >= 15 is 0 Å². The van der Waals surface area contributed by atoms with Crippen molar-refractivity contribution in [3.05, 3.63) is 105 Å². The van der Waals surface area contributed by atoms with Crippen LogP contribution in [0, 0.1) is 3.57 Å². The van der Waals surface area contributed by atoms with Crippen molar-refractivity contribution in [3.8, 4) is 5.75 Å². The lowest BCUT2D eigenvalue weighted by Gasteiger charge is -2.32. The maximum absolute atomic E-state index is 14.7. The van der Waals surface area contributed by atoms with Gasteiger partial charge in [0.1, 0.15) is 29.9 Å². The van der Waals surface area contributed by atoms with Crippen LogP contribution in [0.4, 0.5) is 5.69 Å². The van der Waals surface area contributed by atoms with Gasteiger partial charge in [0.2, 0.25) is 41.4 Å². The molecule has 0 saturated carbocycles. The Labute approximate surface area is 569 Å². The third-order valence-corrected chi connectivity index (χ3v) is 17.1. The normalized spacial score (nSPS) is 18.8. The molecule has 2 heterocycles. The minimum absolute atomic E-state index is 0.00146. The number of guanidine groups is 1. The number of aryl methyl sites for hydroxylation is 1. The van der Waals surface area contributed by atoms with Crippen molar-refractivity contribution in [1.29, 1.82) is 0 Å². The molecule has 4 aromatic carbocycles. The number of anilines is 1. The molecule has 4 aromatic rings. The van der Waals surface area contributed by atoms with E-state index < -0.39 is 84.1 Å². The summed E-state index contributed by atoms with van der Waals surface area (Å²) in [5.41, 5.74) is 13.3. The van der Waals surface area contributed by atoms with Crippen LogP contribution >= 0.6 is 22.6 Å². The first-order valence-electron chi connectivity index (χ1n) is 31.8. The SMILES string of the molecule is CN1C(=O)[C@@H](Cc2ccc(O)c(I)c2)NC(=O)CNC(=O)[C@H](CCc2ccc3ccccc3c2)NC(=O)[C@H](CCCN=C(N)N)NC(=O)[C@H]1CCCNC(=O)c1ccc(NC(=O)CCCCNC(=O)CN2CCN(CC(=O)O)CCN(CC(=O)O)CCN(CC(=O)O)CC2)cc1. The van der Waals surface area contributed by atoms with Gasteiger partial charge in [-0.25, -0.2) is 0 Å². The van der Waals surface area contributed by atoms with E-state index in [0.717, 1.165) is 16.3 Å². The molecule has 4 atom stereocenters. The number of nitrogens with zero attached hydrogens (tertiary/aromatic N) is 6. The maximum Gasteiger partial charge on any atom is 0.317 e. The molecule has 2 fully saturated rings. The number of aliphatic imine (C=N–C) groups is 1. The number of phenolic OH excluding ortho intramolecular Hbond substituents is 1. The van der Waals surface area contributed by atoms with Crippen molar-refractivity contribution in [2.24, 2.45) is 16.5 Å². The molecule has 520 valence electrons. The van der Waals surface area contributed by atoms with Crippen LogP contribution in [-0.2, 0) is 60.8 Å². The molecule has 0 radical (unpaired) electrons. The van der Waals surface area contributed by atoms with Crippen molar-refractivity contribution in [2.45, 2.75) is 88.4 Å². The van der Waals surface area contributed by atoms with E-state index in [2.05, 4.69) is 42.2 Å². The standard InChI is InChI=1S/C65H88IN15O15/c1-77-52(11-7-24-70-60(92)45-17-19-47(20-18-45)73-54(83)12-4-5-23-69-56(85)38-78-26-28-79(39-57(86)87)30-32-81(41-59(90)91)33-31-80(29-27-78)40-58(88)89)63(95)76-49(10-6-25-71-65(67)68)62(94)75-50(21-14-42-13-16-44-8-2-3-9-46(44)34-42)61(93)72-37-55(84)74-51(64(77)96)36-43-15-22-53(82)48(66)35-43/h2-3,8-9,13,15-20,22,34-35,49-52,82H,4-7,10-12,14,21,23-33,36-41H2,1H3,(H,69,85)(H,70,92)(H,72,93)(H,73,83)(H,74,84)(H,75,94)(H,76,95)(H,86,87)(H,88,89)(H,90,91)(H4,67,68,71)/t49-,50-,51+,52+/m0/s1. The number of amides is 8. The van der Waals surface area contributed by atoms with Gasteiger partial charge in [0.05, 0.1) is 36.3 Å². The number of likely N-dealkylation sites (N-methyl/N-ethyl adjacent to an activating group) is 1. The molecule has 2 saturated heterocycles. The number of phenols is 1. The highest BCUT2D eigenvalue weighted by Gasteiger charge is 2.36. The molecule has 0 bridgehead atoms. The lowest BCUT2D eigenvalue weighted by atomic mass is 10.0. The van der Waals surface area contributed by atoms with Gasteiger partial charge in [0.15, 0.2) is 5.96 Å². The van der Waals surface area contributed by atoms with Gasteiger partial charge < -0.3 is 74.0 Å². The molecule has 96 heavy (non-hydrogen) atoms.